The van der Waals surface area contributed by atoms with Gasteiger partial charge < -0.3 is 4.90 Å². The van der Waals surface area contributed by atoms with Crippen LogP contribution in [0.2, 0.25) is 10.0 Å². The first kappa shape index (κ1) is 17.6. The molecule has 1 aliphatic carbocycles. The number of halogens is 2. The minimum atomic E-state index is -0.0593. The number of likely N-dealkylation sites (tertiary alicyclic amines) is 2. The van der Waals surface area contributed by atoms with Crippen molar-refractivity contribution in [1.29, 1.82) is 0 Å². The smallest absolute Gasteiger partial charge is 0.230 e. The molecule has 0 N–H and O–H groups in total. The monoisotopic (exact) mass is 380 g/mol. The van der Waals surface area contributed by atoms with Gasteiger partial charge in [0.05, 0.1) is 16.0 Å². The van der Waals surface area contributed by atoms with Crippen LogP contribution in [0.5, 0.6) is 0 Å². The number of amides is 1. The van der Waals surface area contributed by atoms with Gasteiger partial charge in [-0.2, -0.15) is 0 Å². The molecule has 4 rings (SSSR count). The molecule has 1 aromatic rings. The molecule has 1 amide bonds. The summed E-state index contributed by atoms with van der Waals surface area (Å²) < 4.78 is 0. The van der Waals surface area contributed by atoms with Gasteiger partial charge in [-0.05, 0) is 62.9 Å². The third-order valence-electron chi connectivity index (χ3n) is 6.29. The Kier molecular flexibility index (Phi) is 5.26. The van der Waals surface area contributed by atoms with Crippen LogP contribution < -0.4 is 0 Å². The third kappa shape index (κ3) is 3.43. The molecule has 1 aromatic carbocycles. The standard InChI is InChI=1S/C20H26Cl2N2O/c21-16-8-7-14(13-17(16)22)15-9-12-24(20(15)25)19-6-2-1-5-18(19)23-10-3-4-11-23/h7-8,13,15,18-19H,1-6,9-12H2/t15-,18-,19-/m0/s1. The van der Waals surface area contributed by atoms with E-state index in [1.807, 2.05) is 18.2 Å². The van der Waals surface area contributed by atoms with Gasteiger partial charge in [0.1, 0.15) is 0 Å². The van der Waals surface area contributed by atoms with Crippen molar-refractivity contribution in [3.63, 3.8) is 0 Å². The molecule has 0 aromatic heterocycles. The second-order valence-electron chi connectivity index (χ2n) is 7.71. The van der Waals surface area contributed by atoms with E-state index in [-0.39, 0.29) is 11.8 Å². The predicted molar refractivity (Wildman–Crippen MR) is 102 cm³/mol. The van der Waals surface area contributed by atoms with E-state index in [2.05, 4.69) is 9.80 Å². The topological polar surface area (TPSA) is 23.6 Å². The molecule has 3 atom stereocenters. The van der Waals surface area contributed by atoms with Crippen LogP contribution in [0.1, 0.15) is 56.4 Å². The lowest BCUT2D eigenvalue weighted by atomic mass is 9.88. The van der Waals surface area contributed by atoms with Crippen molar-refractivity contribution in [1.82, 2.24) is 9.80 Å². The molecule has 0 bridgehead atoms. The van der Waals surface area contributed by atoms with Crippen LogP contribution in [0.4, 0.5) is 0 Å². The lowest BCUT2D eigenvalue weighted by molar-refractivity contribution is -0.133. The van der Waals surface area contributed by atoms with Gasteiger partial charge in [-0.15, -0.1) is 0 Å². The summed E-state index contributed by atoms with van der Waals surface area (Å²) in [4.78, 5) is 18.0. The maximum Gasteiger partial charge on any atom is 0.230 e. The second kappa shape index (κ2) is 7.46. The Morgan fingerprint density at radius 3 is 2.28 bits per heavy atom. The quantitative estimate of drug-likeness (QED) is 0.757. The molecule has 0 radical (unpaired) electrons. The summed E-state index contributed by atoms with van der Waals surface area (Å²) in [6, 6.07) is 6.59. The van der Waals surface area contributed by atoms with E-state index in [1.165, 1.54) is 45.2 Å². The fourth-order valence-corrected chi connectivity index (χ4v) is 5.33. The van der Waals surface area contributed by atoms with Gasteiger partial charge in [0.15, 0.2) is 0 Å². The molecular weight excluding hydrogens is 355 g/mol. The van der Waals surface area contributed by atoms with Crippen LogP contribution in [-0.4, -0.2) is 47.4 Å². The van der Waals surface area contributed by atoms with Crippen molar-refractivity contribution in [2.45, 2.75) is 62.9 Å². The van der Waals surface area contributed by atoms with Gasteiger partial charge >= 0.3 is 0 Å². The van der Waals surface area contributed by atoms with E-state index in [0.29, 0.717) is 22.1 Å². The average molecular weight is 381 g/mol. The number of hydrogen-bond donors (Lipinski definition) is 0. The summed E-state index contributed by atoms with van der Waals surface area (Å²) in [5, 5.41) is 1.09. The second-order valence-corrected chi connectivity index (χ2v) is 8.52. The number of carbonyl (C=O) groups is 1. The minimum absolute atomic E-state index is 0.0593. The normalized spacial score (nSPS) is 31.0. The molecular formula is C20H26Cl2N2O. The highest BCUT2D eigenvalue weighted by Gasteiger charge is 2.42. The lowest BCUT2D eigenvalue weighted by Gasteiger charge is -2.42. The van der Waals surface area contributed by atoms with Crippen LogP contribution in [0.15, 0.2) is 18.2 Å². The van der Waals surface area contributed by atoms with Gasteiger partial charge in [0.25, 0.3) is 0 Å². The van der Waals surface area contributed by atoms with Gasteiger partial charge in [0.2, 0.25) is 5.91 Å². The van der Waals surface area contributed by atoms with Crippen LogP contribution in [-0.2, 0) is 4.79 Å². The SMILES string of the molecule is O=C1[C@H](c2ccc(Cl)c(Cl)c2)CCN1[C@H]1CCCC[C@@H]1N1CCCC1. The first-order chi connectivity index (χ1) is 12.1. The lowest BCUT2D eigenvalue weighted by Crippen LogP contribution is -2.53. The number of hydrogen-bond acceptors (Lipinski definition) is 2. The van der Waals surface area contributed by atoms with Crippen molar-refractivity contribution in [3.8, 4) is 0 Å². The zero-order valence-electron chi connectivity index (χ0n) is 14.6. The van der Waals surface area contributed by atoms with Crippen molar-refractivity contribution < 1.29 is 4.79 Å². The van der Waals surface area contributed by atoms with Crippen LogP contribution in [0.3, 0.4) is 0 Å². The number of carbonyl (C=O) groups excluding carboxylic acids is 1. The maximum atomic E-state index is 13.2. The highest BCUT2D eigenvalue weighted by atomic mass is 35.5. The summed E-state index contributed by atoms with van der Waals surface area (Å²) in [7, 11) is 0. The van der Waals surface area contributed by atoms with Crippen molar-refractivity contribution in [2.24, 2.45) is 0 Å². The van der Waals surface area contributed by atoms with E-state index in [1.54, 1.807) is 0 Å². The van der Waals surface area contributed by atoms with Crippen molar-refractivity contribution >= 4 is 29.1 Å². The molecule has 136 valence electrons. The van der Waals surface area contributed by atoms with Crippen molar-refractivity contribution in [3.05, 3.63) is 33.8 Å². The zero-order chi connectivity index (χ0) is 17.4. The first-order valence-electron chi connectivity index (χ1n) is 9.64. The molecule has 2 heterocycles. The molecule has 25 heavy (non-hydrogen) atoms. The fourth-order valence-electron chi connectivity index (χ4n) is 5.02. The Labute approximate surface area is 160 Å². The maximum absolute atomic E-state index is 13.2. The van der Waals surface area contributed by atoms with Crippen LogP contribution in [0.25, 0.3) is 0 Å². The number of nitrogens with zero attached hydrogens (tertiary/aromatic N) is 2. The first-order valence-corrected chi connectivity index (χ1v) is 10.4. The Hall–Kier alpha value is -0.770. The Morgan fingerprint density at radius 2 is 1.56 bits per heavy atom. The zero-order valence-corrected chi connectivity index (χ0v) is 16.1. The van der Waals surface area contributed by atoms with E-state index in [4.69, 9.17) is 23.2 Å². The highest BCUT2D eigenvalue weighted by Crippen LogP contribution is 2.37. The Bertz CT molecular complexity index is 645. The van der Waals surface area contributed by atoms with Crippen LogP contribution in [0, 0.1) is 0 Å². The summed E-state index contributed by atoms with van der Waals surface area (Å²) in [6.45, 7) is 3.29. The minimum Gasteiger partial charge on any atom is -0.338 e. The predicted octanol–water partition coefficient (Wildman–Crippen LogP) is 4.72. The molecule has 3 aliphatic rings. The average Bonchev–Trinajstić information content (AvgIpc) is 3.27. The fraction of sp³-hybridized carbons (Fsp3) is 0.650. The number of benzene rings is 1. The molecule has 1 saturated carbocycles. The molecule has 3 nitrogen and oxygen atoms in total. The van der Waals surface area contributed by atoms with Crippen LogP contribution >= 0.6 is 23.2 Å². The number of rotatable bonds is 3. The van der Waals surface area contributed by atoms with E-state index >= 15 is 0 Å². The largest absolute Gasteiger partial charge is 0.338 e. The van der Waals surface area contributed by atoms with E-state index < -0.39 is 0 Å². The molecule has 3 fully saturated rings. The molecule has 0 unspecified atom stereocenters. The summed E-state index contributed by atoms with van der Waals surface area (Å²) in [5.74, 6) is 0.227. The third-order valence-corrected chi connectivity index (χ3v) is 7.03. The Morgan fingerprint density at radius 1 is 0.840 bits per heavy atom. The summed E-state index contributed by atoms with van der Waals surface area (Å²) in [6.07, 6.45) is 8.45. The highest BCUT2D eigenvalue weighted by molar-refractivity contribution is 6.42. The summed E-state index contributed by atoms with van der Waals surface area (Å²) >= 11 is 12.2. The van der Waals surface area contributed by atoms with E-state index in [0.717, 1.165) is 24.9 Å². The molecule has 0 spiro atoms. The van der Waals surface area contributed by atoms with Gasteiger partial charge in [-0.25, -0.2) is 0 Å². The van der Waals surface area contributed by atoms with Gasteiger partial charge in [-0.3, -0.25) is 9.69 Å². The Balaban J connectivity index is 1.52. The van der Waals surface area contributed by atoms with Gasteiger partial charge in [-0.1, -0.05) is 42.1 Å². The molecule has 2 saturated heterocycles. The van der Waals surface area contributed by atoms with Crippen molar-refractivity contribution in [2.75, 3.05) is 19.6 Å². The van der Waals surface area contributed by atoms with Gasteiger partial charge in [0, 0.05) is 18.6 Å². The molecule has 2 aliphatic heterocycles. The van der Waals surface area contributed by atoms with E-state index in [9.17, 15) is 4.79 Å². The summed E-state index contributed by atoms with van der Waals surface area (Å²) in [5.41, 5.74) is 1.01. The molecule has 5 heteroatoms.